The Bertz CT molecular complexity index is 476. The third-order valence-corrected chi connectivity index (χ3v) is 4.91. The summed E-state index contributed by atoms with van der Waals surface area (Å²) in [6.07, 6.45) is 10.9. The molecule has 1 aromatic heterocycles. The number of hydrogen-bond donors (Lipinski definition) is 2. The van der Waals surface area contributed by atoms with Gasteiger partial charge in [-0.05, 0) is 32.1 Å². The number of nitrogens with one attached hydrogen (secondary N) is 2. The molecule has 0 unspecified atom stereocenters. The van der Waals surface area contributed by atoms with Gasteiger partial charge in [0.2, 0.25) is 0 Å². The van der Waals surface area contributed by atoms with E-state index in [1.165, 1.54) is 51.4 Å². The summed E-state index contributed by atoms with van der Waals surface area (Å²) >= 11 is 0. The molecule has 21 heavy (non-hydrogen) atoms. The summed E-state index contributed by atoms with van der Waals surface area (Å²) in [7, 11) is 1.94. The summed E-state index contributed by atoms with van der Waals surface area (Å²) in [5, 5.41) is 6.77. The number of nitrogens with zero attached hydrogens (tertiary/aromatic N) is 2. The zero-order valence-electron chi connectivity index (χ0n) is 13.4. The van der Waals surface area contributed by atoms with Crippen molar-refractivity contribution < 1.29 is 0 Å². The Morgan fingerprint density at radius 1 is 1.00 bits per heavy atom. The van der Waals surface area contributed by atoms with Crippen LogP contribution in [-0.2, 0) is 0 Å². The highest BCUT2D eigenvalue weighted by atomic mass is 15.1. The van der Waals surface area contributed by atoms with Crippen LogP contribution in [0.2, 0.25) is 0 Å². The first kappa shape index (κ1) is 14.6. The van der Waals surface area contributed by atoms with Crippen molar-refractivity contribution in [2.75, 3.05) is 24.2 Å². The molecule has 2 aliphatic rings. The highest BCUT2D eigenvalue weighted by Gasteiger charge is 2.28. The maximum atomic E-state index is 4.76. The smallest absolute Gasteiger partial charge is 0.136 e. The first-order valence-electron chi connectivity index (χ1n) is 8.58. The lowest BCUT2D eigenvalue weighted by Gasteiger charge is -2.22. The van der Waals surface area contributed by atoms with Crippen LogP contribution in [0.25, 0.3) is 0 Å². The van der Waals surface area contributed by atoms with E-state index in [-0.39, 0.29) is 0 Å². The van der Waals surface area contributed by atoms with E-state index in [0.29, 0.717) is 5.92 Å². The van der Waals surface area contributed by atoms with Crippen LogP contribution in [0.5, 0.6) is 0 Å². The topological polar surface area (TPSA) is 49.8 Å². The molecule has 2 N–H and O–H groups in total. The van der Waals surface area contributed by atoms with E-state index in [1.54, 1.807) is 0 Å². The summed E-state index contributed by atoms with van der Waals surface area (Å²) in [5.41, 5.74) is 1.14. The molecule has 0 amide bonds. The first-order valence-corrected chi connectivity index (χ1v) is 8.58. The molecule has 3 rings (SSSR count). The van der Waals surface area contributed by atoms with Gasteiger partial charge >= 0.3 is 0 Å². The van der Waals surface area contributed by atoms with E-state index in [9.17, 15) is 0 Å². The fourth-order valence-corrected chi connectivity index (χ4v) is 3.34. The van der Waals surface area contributed by atoms with E-state index >= 15 is 0 Å². The first-order chi connectivity index (χ1) is 10.3. The minimum absolute atomic E-state index is 0.594. The second-order valence-electron chi connectivity index (χ2n) is 6.65. The SMILES string of the molecule is CNc1nc(C2CC2)nc(NCCC2CCCCC2)c1C. The van der Waals surface area contributed by atoms with Crippen molar-refractivity contribution in [3.05, 3.63) is 11.4 Å². The van der Waals surface area contributed by atoms with Gasteiger partial charge in [0.1, 0.15) is 17.5 Å². The van der Waals surface area contributed by atoms with E-state index in [2.05, 4.69) is 22.5 Å². The minimum Gasteiger partial charge on any atom is -0.373 e. The molecule has 0 spiro atoms. The van der Waals surface area contributed by atoms with Crippen LogP contribution >= 0.6 is 0 Å². The number of rotatable bonds is 6. The van der Waals surface area contributed by atoms with Crippen molar-refractivity contribution in [1.82, 2.24) is 9.97 Å². The lowest BCUT2D eigenvalue weighted by atomic mass is 9.87. The van der Waals surface area contributed by atoms with Gasteiger partial charge in [-0.1, -0.05) is 32.1 Å². The second-order valence-corrected chi connectivity index (χ2v) is 6.65. The Kier molecular flexibility index (Phi) is 4.61. The lowest BCUT2D eigenvalue weighted by molar-refractivity contribution is 0.345. The third-order valence-electron chi connectivity index (χ3n) is 4.91. The van der Waals surface area contributed by atoms with Crippen LogP contribution in [0.4, 0.5) is 11.6 Å². The fourth-order valence-electron chi connectivity index (χ4n) is 3.34. The van der Waals surface area contributed by atoms with Gasteiger partial charge in [0, 0.05) is 25.1 Å². The van der Waals surface area contributed by atoms with Crippen molar-refractivity contribution >= 4 is 11.6 Å². The van der Waals surface area contributed by atoms with Crippen LogP contribution in [-0.4, -0.2) is 23.6 Å². The van der Waals surface area contributed by atoms with Crippen LogP contribution in [0, 0.1) is 12.8 Å². The molecule has 0 aliphatic heterocycles. The van der Waals surface area contributed by atoms with Crippen molar-refractivity contribution in [2.24, 2.45) is 5.92 Å². The molecular weight excluding hydrogens is 260 g/mol. The molecule has 0 aromatic carbocycles. The fraction of sp³-hybridized carbons (Fsp3) is 0.765. The monoisotopic (exact) mass is 288 g/mol. The van der Waals surface area contributed by atoms with E-state index in [1.807, 2.05) is 7.05 Å². The summed E-state index contributed by atoms with van der Waals surface area (Å²) < 4.78 is 0. The summed E-state index contributed by atoms with van der Waals surface area (Å²) in [6.45, 7) is 3.14. The molecule has 2 saturated carbocycles. The van der Waals surface area contributed by atoms with Gasteiger partial charge in [-0.15, -0.1) is 0 Å². The zero-order valence-corrected chi connectivity index (χ0v) is 13.4. The largest absolute Gasteiger partial charge is 0.373 e. The zero-order chi connectivity index (χ0) is 14.7. The van der Waals surface area contributed by atoms with Crippen LogP contribution in [0.15, 0.2) is 0 Å². The van der Waals surface area contributed by atoms with Gasteiger partial charge in [-0.25, -0.2) is 9.97 Å². The molecule has 0 radical (unpaired) electrons. The molecule has 1 heterocycles. The molecule has 4 heteroatoms. The molecule has 0 saturated heterocycles. The molecule has 0 bridgehead atoms. The molecule has 1 aromatic rings. The Labute approximate surface area is 128 Å². The Hall–Kier alpha value is -1.32. The summed E-state index contributed by atoms with van der Waals surface area (Å²) in [4.78, 5) is 9.41. The average Bonchev–Trinajstić information content (AvgIpc) is 3.35. The molecule has 0 atom stereocenters. The van der Waals surface area contributed by atoms with Gasteiger partial charge in [0.05, 0.1) is 0 Å². The molecule has 2 aliphatic carbocycles. The number of anilines is 2. The Morgan fingerprint density at radius 2 is 1.71 bits per heavy atom. The molecule has 2 fully saturated rings. The van der Waals surface area contributed by atoms with Gasteiger partial charge in [-0.2, -0.15) is 0 Å². The predicted octanol–water partition coefficient (Wildman–Crippen LogP) is 4.09. The van der Waals surface area contributed by atoms with Crippen LogP contribution < -0.4 is 10.6 Å². The van der Waals surface area contributed by atoms with Crippen LogP contribution in [0.3, 0.4) is 0 Å². The average molecular weight is 288 g/mol. The number of hydrogen-bond acceptors (Lipinski definition) is 4. The van der Waals surface area contributed by atoms with Crippen molar-refractivity contribution in [1.29, 1.82) is 0 Å². The van der Waals surface area contributed by atoms with Crippen LogP contribution in [0.1, 0.15) is 68.7 Å². The highest BCUT2D eigenvalue weighted by Crippen LogP contribution is 2.39. The predicted molar refractivity (Wildman–Crippen MR) is 88.0 cm³/mol. The van der Waals surface area contributed by atoms with E-state index in [0.717, 1.165) is 35.5 Å². The van der Waals surface area contributed by atoms with Crippen molar-refractivity contribution in [3.63, 3.8) is 0 Å². The van der Waals surface area contributed by atoms with Crippen molar-refractivity contribution in [2.45, 2.75) is 64.2 Å². The molecule has 116 valence electrons. The summed E-state index contributed by atoms with van der Waals surface area (Å²) in [5.74, 6) is 4.54. The lowest BCUT2D eigenvalue weighted by Crippen LogP contribution is -2.14. The van der Waals surface area contributed by atoms with Crippen molar-refractivity contribution in [3.8, 4) is 0 Å². The quantitative estimate of drug-likeness (QED) is 0.828. The third kappa shape index (κ3) is 3.66. The van der Waals surface area contributed by atoms with E-state index in [4.69, 9.17) is 4.98 Å². The second kappa shape index (κ2) is 6.63. The van der Waals surface area contributed by atoms with Gasteiger partial charge < -0.3 is 10.6 Å². The Balaban J connectivity index is 1.61. The van der Waals surface area contributed by atoms with Gasteiger partial charge in [0.25, 0.3) is 0 Å². The Morgan fingerprint density at radius 3 is 2.38 bits per heavy atom. The van der Waals surface area contributed by atoms with E-state index < -0.39 is 0 Å². The van der Waals surface area contributed by atoms with Gasteiger partial charge in [0.15, 0.2) is 0 Å². The maximum Gasteiger partial charge on any atom is 0.136 e. The maximum absolute atomic E-state index is 4.76. The standard InChI is InChI=1S/C17H28N4/c1-12-15(18-2)20-17(14-8-9-14)21-16(12)19-11-10-13-6-4-3-5-7-13/h13-14H,3-11H2,1-2H3,(H2,18,19,20,21). The highest BCUT2D eigenvalue weighted by molar-refractivity contribution is 5.57. The summed E-state index contributed by atoms with van der Waals surface area (Å²) in [6, 6.07) is 0. The normalized spacial score (nSPS) is 19.5. The molecule has 4 nitrogen and oxygen atoms in total. The molecular formula is C17H28N4. The number of aromatic nitrogens is 2. The van der Waals surface area contributed by atoms with Gasteiger partial charge in [-0.3, -0.25) is 0 Å². The minimum atomic E-state index is 0.594.